The third-order valence-electron chi connectivity index (χ3n) is 2.86. The molecule has 0 saturated heterocycles. The van der Waals surface area contributed by atoms with E-state index >= 15 is 0 Å². The molecule has 0 radical (unpaired) electrons. The average molecular weight is 224 g/mol. The Kier molecular flexibility index (Phi) is 3.71. The molecule has 0 aliphatic carbocycles. The largest absolute Gasteiger partial charge is 0.208 e. The van der Waals surface area contributed by atoms with Crippen LogP contribution in [0.25, 0.3) is 12.2 Å². The van der Waals surface area contributed by atoms with Crippen LogP contribution < -0.4 is 4.57 Å². The third-order valence-corrected chi connectivity index (χ3v) is 2.86. The molecule has 17 heavy (non-hydrogen) atoms. The fraction of sp³-hybridized carbons (Fsp3) is 0.188. The van der Waals surface area contributed by atoms with Gasteiger partial charge in [-0.3, -0.25) is 0 Å². The standard InChI is InChI=1S/C16H18N/c1-3-14-4-6-15(7-5-14)8-9-16-10-12-17(2)13-11-16/h4-13H,3H2,1-2H3/q+1/b9-8+. The van der Waals surface area contributed by atoms with Gasteiger partial charge in [0.1, 0.15) is 7.05 Å². The SMILES string of the molecule is CCc1ccc(/C=C/c2cc[n+](C)cc2)cc1. The molecule has 0 saturated carbocycles. The van der Waals surface area contributed by atoms with E-state index in [1.54, 1.807) is 0 Å². The van der Waals surface area contributed by atoms with Crippen LogP contribution >= 0.6 is 0 Å². The number of nitrogens with zero attached hydrogens (tertiary/aromatic N) is 1. The number of aryl methyl sites for hydroxylation is 2. The van der Waals surface area contributed by atoms with Crippen LogP contribution in [0, 0.1) is 0 Å². The maximum absolute atomic E-state index is 2.19. The van der Waals surface area contributed by atoms with E-state index in [0.717, 1.165) is 6.42 Å². The molecule has 0 fully saturated rings. The molecule has 1 nitrogen and oxygen atoms in total. The molecule has 0 spiro atoms. The number of hydrogen-bond donors (Lipinski definition) is 0. The van der Waals surface area contributed by atoms with E-state index in [1.807, 2.05) is 11.6 Å². The molecular weight excluding hydrogens is 206 g/mol. The smallest absolute Gasteiger partial charge is 0.169 e. The number of pyridine rings is 1. The Bertz CT molecular complexity index is 492. The minimum absolute atomic E-state index is 1.10. The van der Waals surface area contributed by atoms with Crippen LogP contribution in [-0.2, 0) is 13.5 Å². The Morgan fingerprint density at radius 1 is 0.882 bits per heavy atom. The Labute approximate surface area is 103 Å². The van der Waals surface area contributed by atoms with Crippen LogP contribution in [0.15, 0.2) is 48.8 Å². The number of rotatable bonds is 3. The highest BCUT2D eigenvalue weighted by molar-refractivity contribution is 5.69. The van der Waals surface area contributed by atoms with Crippen LogP contribution in [0.5, 0.6) is 0 Å². The molecule has 1 heteroatoms. The van der Waals surface area contributed by atoms with Gasteiger partial charge in [-0.2, -0.15) is 0 Å². The molecule has 0 unspecified atom stereocenters. The average Bonchev–Trinajstić information content (AvgIpc) is 2.39. The molecule has 2 aromatic rings. The van der Waals surface area contributed by atoms with Gasteiger partial charge in [0.2, 0.25) is 0 Å². The number of benzene rings is 1. The van der Waals surface area contributed by atoms with Gasteiger partial charge in [-0.05, 0) is 23.1 Å². The maximum atomic E-state index is 2.19. The quantitative estimate of drug-likeness (QED) is 0.705. The van der Waals surface area contributed by atoms with Gasteiger partial charge in [-0.25, -0.2) is 4.57 Å². The first-order valence-electron chi connectivity index (χ1n) is 6.00. The molecule has 1 heterocycles. The number of hydrogen-bond acceptors (Lipinski definition) is 0. The van der Waals surface area contributed by atoms with E-state index in [1.165, 1.54) is 16.7 Å². The van der Waals surface area contributed by atoms with Crippen molar-refractivity contribution in [2.75, 3.05) is 0 Å². The van der Waals surface area contributed by atoms with Gasteiger partial charge in [-0.1, -0.05) is 43.3 Å². The van der Waals surface area contributed by atoms with Crippen molar-refractivity contribution in [2.45, 2.75) is 13.3 Å². The zero-order chi connectivity index (χ0) is 12.1. The first kappa shape index (κ1) is 11.6. The van der Waals surface area contributed by atoms with Crippen LogP contribution in [0.3, 0.4) is 0 Å². The normalized spacial score (nSPS) is 10.9. The molecule has 86 valence electrons. The lowest BCUT2D eigenvalue weighted by Crippen LogP contribution is -2.25. The summed E-state index contributed by atoms with van der Waals surface area (Å²) in [6.45, 7) is 2.18. The number of aromatic nitrogens is 1. The van der Waals surface area contributed by atoms with E-state index in [4.69, 9.17) is 0 Å². The van der Waals surface area contributed by atoms with Crippen LogP contribution in [0.1, 0.15) is 23.6 Å². The fourth-order valence-corrected chi connectivity index (χ4v) is 1.68. The highest BCUT2D eigenvalue weighted by Gasteiger charge is 1.92. The second-order valence-corrected chi connectivity index (χ2v) is 4.23. The lowest BCUT2D eigenvalue weighted by molar-refractivity contribution is -0.671. The summed E-state index contributed by atoms with van der Waals surface area (Å²) in [6, 6.07) is 12.9. The van der Waals surface area contributed by atoms with Crippen molar-refractivity contribution >= 4 is 12.2 Å². The molecule has 2 rings (SSSR count). The van der Waals surface area contributed by atoms with Gasteiger partial charge in [0.05, 0.1) is 0 Å². The maximum Gasteiger partial charge on any atom is 0.169 e. The Hall–Kier alpha value is -1.89. The summed E-state index contributed by atoms with van der Waals surface area (Å²) in [5, 5.41) is 0. The zero-order valence-electron chi connectivity index (χ0n) is 10.4. The van der Waals surface area contributed by atoms with Gasteiger partial charge in [-0.15, -0.1) is 0 Å². The first-order chi connectivity index (χ1) is 8.28. The molecule has 0 bridgehead atoms. The molecular formula is C16H18N+. The Morgan fingerprint density at radius 2 is 1.41 bits per heavy atom. The van der Waals surface area contributed by atoms with E-state index in [0.29, 0.717) is 0 Å². The highest BCUT2D eigenvalue weighted by Crippen LogP contribution is 2.09. The minimum atomic E-state index is 1.10. The summed E-state index contributed by atoms with van der Waals surface area (Å²) in [4.78, 5) is 0. The molecule has 0 aliphatic rings. The van der Waals surface area contributed by atoms with Gasteiger partial charge >= 0.3 is 0 Å². The second-order valence-electron chi connectivity index (χ2n) is 4.23. The van der Waals surface area contributed by atoms with Crippen molar-refractivity contribution in [2.24, 2.45) is 7.05 Å². The van der Waals surface area contributed by atoms with Gasteiger partial charge < -0.3 is 0 Å². The first-order valence-corrected chi connectivity index (χ1v) is 6.00. The monoisotopic (exact) mass is 224 g/mol. The third kappa shape index (κ3) is 3.28. The summed E-state index contributed by atoms with van der Waals surface area (Å²) >= 11 is 0. The Balaban J connectivity index is 2.11. The summed E-state index contributed by atoms with van der Waals surface area (Å²) in [5.41, 5.74) is 3.85. The summed E-state index contributed by atoms with van der Waals surface area (Å²) in [6.07, 6.45) is 9.49. The van der Waals surface area contributed by atoms with Gasteiger partial charge in [0.25, 0.3) is 0 Å². The zero-order valence-corrected chi connectivity index (χ0v) is 10.4. The molecule has 1 aromatic carbocycles. The molecule has 0 aliphatic heterocycles. The summed E-state index contributed by atoms with van der Waals surface area (Å²) < 4.78 is 2.04. The van der Waals surface area contributed by atoms with E-state index < -0.39 is 0 Å². The summed E-state index contributed by atoms with van der Waals surface area (Å²) in [7, 11) is 2.02. The van der Waals surface area contributed by atoms with E-state index in [-0.39, 0.29) is 0 Å². The van der Waals surface area contributed by atoms with Crippen molar-refractivity contribution in [3.63, 3.8) is 0 Å². The van der Waals surface area contributed by atoms with Crippen molar-refractivity contribution in [1.29, 1.82) is 0 Å². The van der Waals surface area contributed by atoms with Crippen LogP contribution in [0.4, 0.5) is 0 Å². The molecule has 1 aromatic heterocycles. The second kappa shape index (κ2) is 5.44. The predicted octanol–water partition coefficient (Wildman–Crippen LogP) is 3.24. The van der Waals surface area contributed by atoms with Crippen molar-refractivity contribution in [3.05, 3.63) is 65.5 Å². The molecule has 0 amide bonds. The van der Waals surface area contributed by atoms with Crippen molar-refractivity contribution < 1.29 is 4.57 Å². The predicted molar refractivity (Wildman–Crippen MR) is 72.4 cm³/mol. The minimum Gasteiger partial charge on any atom is -0.208 e. The van der Waals surface area contributed by atoms with Crippen LogP contribution in [-0.4, -0.2) is 0 Å². The molecule has 0 atom stereocenters. The Morgan fingerprint density at radius 3 is 1.94 bits per heavy atom. The van der Waals surface area contributed by atoms with E-state index in [9.17, 15) is 0 Å². The lowest BCUT2D eigenvalue weighted by Gasteiger charge is -1.97. The van der Waals surface area contributed by atoms with Gasteiger partial charge in [0.15, 0.2) is 12.4 Å². The van der Waals surface area contributed by atoms with Crippen molar-refractivity contribution in [3.8, 4) is 0 Å². The lowest BCUT2D eigenvalue weighted by atomic mass is 10.1. The van der Waals surface area contributed by atoms with E-state index in [2.05, 4.69) is 67.9 Å². The topological polar surface area (TPSA) is 3.88 Å². The van der Waals surface area contributed by atoms with Crippen LogP contribution in [0.2, 0.25) is 0 Å². The molecule has 0 N–H and O–H groups in total. The highest BCUT2D eigenvalue weighted by atomic mass is 14.9. The fourth-order valence-electron chi connectivity index (χ4n) is 1.68. The van der Waals surface area contributed by atoms with Gasteiger partial charge in [0, 0.05) is 12.1 Å². The summed E-state index contributed by atoms with van der Waals surface area (Å²) in [5.74, 6) is 0. The van der Waals surface area contributed by atoms with Crippen molar-refractivity contribution in [1.82, 2.24) is 0 Å².